The summed E-state index contributed by atoms with van der Waals surface area (Å²) < 4.78 is 0. The van der Waals surface area contributed by atoms with E-state index in [9.17, 15) is 0 Å². The SMILES string of the molecule is CC1=CC(C)CC(CN[C@@H](C)C2CCCCC2)C1. The van der Waals surface area contributed by atoms with Crippen molar-refractivity contribution in [2.45, 2.75) is 71.8 Å². The summed E-state index contributed by atoms with van der Waals surface area (Å²) in [5.74, 6) is 2.60. The van der Waals surface area contributed by atoms with E-state index in [4.69, 9.17) is 0 Å². The molecule has 0 aromatic heterocycles. The van der Waals surface area contributed by atoms with Gasteiger partial charge in [-0.05, 0) is 63.8 Å². The van der Waals surface area contributed by atoms with Gasteiger partial charge in [0.2, 0.25) is 0 Å². The van der Waals surface area contributed by atoms with Crippen LogP contribution in [-0.4, -0.2) is 12.6 Å². The van der Waals surface area contributed by atoms with E-state index in [1.807, 2.05) is 0 Å². The lowest BCUT2D eigenvalue weighted by Gasteiger charge is -2.31. The van der Waals surface area contributed by atoms with Crippen molar-refractivity contribution in [2.24, 2.45) is 17.8 Å². The highest BCUT2D eigenvalue weighted by Crippen LogP contribution is 2.29. The van der Waals surface area contributed by atoms with E-state index in [0.717, 1.165) is 23.8 Å². The first-order chi connectivity index (χ1) is 8.65. The Morgan fingerprint density at radius 2 is 2.00 bits per heavy atom. The summed E-state index contributed by atoms with van der Waals surface area (Å²) in [5, 5.41) is 3.84. The molecule has 2 unspecified atom stereocenters. The number of hydrogen-bond donors (Lipinski definition) is 1. The standard InChI is InChI=1S/C17H31N/c1-13-9-14(2)11-16(10-13)12-18-15(3)17-7-5-4-6-8-17/h9,13,15-18H,4-8,10-12H2,1-3H3/t13?,15-,16?/m0/s1. The molecule has 0 aromatic rings. The summed E-state index contributed by atoms with van der Waals surface area (Å²) in [6, 6.07) is 0.729. The smallest absolute Gasteiger partial charge is 0.00671 e. The van der Waals surface area contributed by atoms with Crippen molar-refractivity contribution in [2.75, 3.05) is 6.54 Å². The van der Waals surface area contributed by atoms with Gasteiger partial charge < -0.3 is 5.32 Å². The molecule has 2 aliphatic carbocycles. The highest BCUT2D eigenvalue weighted by atomic mass is 14.9. The van der Waals surface area contributed by atoms with Gasteiger partial charge in [-0.1, -0.05) is 37.8 Å². The van der Waals surface area contributed by atoms with Gasteiger partial charge in [-0.15, -0.1) is 0 Å². The van der Waals surface area contributed by atoms with Crippen LogP contribution in [0, 0.1) is 17.8 Å². The second kappa shape index (κ2) is 6.75. The van der Waals surface area contributed by atoms with E-state index in [2.05, 4.69) is 32.2 Å². The van der Waals surface area contributed by atoms with Crippen LogP contribution >= 0.6 is 0 Å². The van der Waals surface area contributed by atoms with Gasteiger partial charge in [0.05, 0.1) is 0 Å². The van der Waals surface area contributed by atoms with E-state index >= 15 is 0 Å². The zero-order chi connectivity index (χ0) is 13.0. The number of hydrogen-bond acceptors (Lipinski definition) is 1. The van der Waals surface area contributed by atoms with Crippen molar-refractivity contribution in [3.8, 4) is 0 Å². The number of rotatable bonds is 4. The molecule has 1 heteroatoms. The lowest BCUT2D eigenvalue weighted by molar-refractivity contribution is 0.263. The molecular formula is C17H31N. The molecule has 0 aliphatic heterocycles. The molecular weight excluding hydrogens is 218 g/mol. The fourth-order valence-corrected chi connectivity index (χ4v) is 4.00. The van der Waals surface area contributed by atoms with Crippen LogP contribution in [0.25, 0.3) is 0 Å². The lowest BCUT2D eigenvalue weighted by Crippen LogP contribution is -2.38. The molecule has 1 N–H and O–H groups in total. The molecule has 0 heterocycles. The Morgan fingerprint density at radius 3 is 2.67 bits per heavy atom. The average Bonchev–Trinajstić information content (AvgIpc) is 2.36. The van der Waals surface area contributed by atoms with Gasteiger partial charge in [0.15, 0.2) is 0 Å². The molecule has 0 radical (unpaired) electrons. The van der Waals surface area contributed by atoms with Crippen molar-refractivity contribution >= 4 is 0 Å². The molecule has 1 fully saturated rings. The van der Waals surface area contributed by atoms with Crippen LogP contribution in [0.5, 0.6) is 0 Å². The fourth-order valence-electron chi connectivity index (χ4n) is 4.00. The van der Waals surface area contributed by atoms with Crippen molar-refractivity contribution in [1.29, 1.82) is 0 Å². The number of allylic oxidation sites excluding steroid dienone is 2. The summed E-state index contributed by atoms with van der Waals surface area (Å²) >= 11 is 0. The first-order valence-corrected chi connectivity index (χ1v) is 8.06. The molecule has 1 saturated carbocycles. The van der Waals surface area contributed by atoms with E-state index in [-0.39, 0.29) is 0 Å². The highest BCUT2D eigenvalue weighted by molar-refractivity contribution is 5.06. The quantitative estimate of drug-likeness (QED) is 0.721. The molecule has 104 valence electrons. The van der Waals surface area contributed by atoms with Gasteiger partial charge in [-0.3, -0.25) is 0 Å². The molecule has 0 bridgehead atoms. The minimum atomic E-state index is 0.729. The molecule has 0 amide bonds. The molecule has 2 rings (SSSR count). The van der Waals surface area contributed by atoms with Crippen LogP contribution in [0.3, 0.4) is 0 Å². The monoisotopic (exact) mass is 249 g/mol. The van der Waals surface area contributed by atoms with Gasteiger partial charge in [0.1, 0.15) is 0 Å². The Bertz CT molecular complexity index is 275. The summed E-state index contributed by atoms with van der Waals surface area (Å²) in [6.45, 7) is 8.30. The van der Waals surface area contributed by atoms with Crippen LogP contribution in [-0.2, 0) is 0 Å². The van der Waals surface area contributed by atoms with Gasteiger partial charge in [-0.25, -0.2) is 0 Å². The van der Waals surface area contributed by atoms with Gasteiger partial charge in [-0.2, -0.15) is 0 Å². The van der Waals surface area contributed by atoms with Crippen molar-refractivity contribution in [1.82, 2.24) is 5.32 Å². The first kappa shape index (κ1) is 14.1. The maximum absolute atomic E-state index is 3.84. The molecule has 0 saturated heterocycles. The second-order valence-corrected chi connectivity index (χ2v) is 6.89. The average molecular weight is 249 g/mol. The zero-order valence-electron chi connectivity index (χ0n) is 12.5. The lowest BCUT2D eigenvalue weighted by atomic mass is 9.82. The highest BCUT2D eigenvalue weighted by Gasteiger charge is 2.22. The summed E-state index contributed by atoms with van der Waals surface area (Å²) in [4.78, 5) is 0. The van der Waals surface area contributed by atoms with Crippen LogP contribution in [0.2, 0.25) is 0 Å². The summed E-state index contributed by atoms with van der Waals surface area (Å²) in [7, 11) is 0. The third-order valence-corrected chi connectivity index (χ3v) is 4.97. The van der Waals surface area contributed by atoms with E-state index in [1.54, 1.807) is 5.57 Å². The van der Waals surface area contributed by atoms with Crippen LogP contribution < -0.4 is 5.32 Å². The summed E-state index contributed by atoms with van der Waals surface area (Å²) in [6.07, 6.45) is 12.4. The Balaban J connectivity index is 1.72. The maximum Gasteiger partial charge on any atom is 0.00671 e. The van der Waals surface area contributed by atoms with E-state index < -0.39 is 0 Å². The van der Waals surface area contributed by atoms with Gasteiger partial charge in [0.25, 0.3) is 0 Å². The Morgan fingerprint density at radius 1 is 1.28 bits per heavy atom. The third-order valence-electron chi connectivity index (χ3n) is 4.97. The minimum Gasteiger partial charge on any atom is -0.314 e. The van der Waals surface area contributed by atoms with Crippen LogP contribution in [0.15, 0.2) is 11.6 Å². The van der Waals surface area contributed by atoms with Crippen LogP contribution in [0.1, 0.15) is 65.7 Å². The summed E-state index contributed by atoms with van der Waals surface area (Å²) in [5.41, 5.74) is 1.60. The first-order valence-electron chi connectivity index (χ1n) is 8.06. The molecule has 18 heavy (non-hydrogen) atoms. The minimum absolute atomic E-state index is 0.729. The normalized spacial score (nSPS) is 32.1. The van der Waals surface area contributed by atoms with Gasteiger partial charge in [0, 0.05) is 6.04 Å². The Labute approximate surface area is 113 Å². The van der Waals surface area contributed by atoms with Crippen molar-refractivity contribution < 1.29 is 0 Å². The van der Waals surface area contributed by atoms with Crippen molar-refractivity contribution in [3.63, 3.8) is 0 Å². The molecule has 3 atom stereocenters. The molecule has 0 aromatic carbocycles. The Kier molecular flexibility index (Phi) is 5.29. The molecule has 1 nitrogen and oxygen atoms in total. The third kappa shape index (κ3) is 4.12. The number of nitrogens with one attached hydrogen (secondary N) is 1. The van der Waals surface area contributed by atoms with E-state index in [1.165, 1.54) is 51.5 Å². The second-order valence-electron chi connectivity index (χ2n) is 6.89. The zero-order valence-corrected chi connectivity index (χ0v) is 12.5. The maximum atomic E-state index is 3.84. The van der Waals surface area contributed by atoms with Crippen molar-refractivity contribution in [3.05, 3.63) is 11.6 Å². The van der Waals surface area contributed by atoms with E-state index in [0.29, 0.717) is 0 Å². The Hall–Kier alpha value is -0.300. The predicted molar refractivity (Wildman–Crippen MR) is 79.7 cm³/mol. The molecule has 2 aliphatic rings. The largest absolute Gasteiger partial charge is 0.314 e. The van der Waals surface area contributed by atoms with Gasteiger partial charge >= 0.3 is 0 Å². The fraction of sp³-hybridized carbons (Fsp3) is 0.882. The van der Waals surface area contributed by atoms with Crippen LogP contribution in [0.4, 0.5) is 0 Å². The molecule has 0 spiro atoms. The predicted octanol–water partition coefficient (Wildman–Crippen LogP) is 4.54. The topological polar surface area (TPSA) is 12.0 Å².